The molecule has 0 aliphatic carbocycles. The Morgan fingerprint density at radius 2 is 1.81 bits per heavy atom. The molecule has 16 heavy (non-hydrogen) atoms. The Labute approximate surface area is 106 Å². The van der Waals surface area contributed by atoms with Crippen LogP contribution in [0.2, 0.25) is 10.0 Å². The summed E-state index contributed by atoms with van der Waals surface area (Å²) in [5.41, 5.74) is 0. The van der Waals surface area contributed by atoms with Gasteiger partial charge >= 0.3 is 0 Å². The lowest BCUT2D eigenvalue weighted by atomic mass is 10.5. The number of hydrogen-bond acceptors (Lipinski definition) is 3. The van der Waals surface area contributed by atoms with Crippen LogP contribution in [0.5, 0.6) is 0 Å². The summed E-state index contributed by atoms with van der Waals surface area (Å²) in [7, 11) is 0. The third kappa shape index (κ3) is 2.84. The summed E-state index contributed by atoms with van der Waals surface area (Å²) in [6, 6.07) is 4.60. The summed E-state index contributed by atoms with van der Waals surface area (Å²) in [6.07, 6.45) is 2.89. The van der Waals surface area contributed by atoms with Crippen LogP contribution in [0.15, 0.2) is 40.6 Å². The van der Waals surface area contributed by atoms with E-state index in [1.54, 1.807) is 12.1 Å². The number of halogens is 3. The van der Waals surface area contributed by atoms with Crippen LogP contribution in [0.25, 0.3) is 0 Å². The van der Waals surface area contributed by atoms with E-state index in [-0.39, 0.29) is 10.0 Å². The number of pyridine rings is 2. The van der Waals surface area contributed by atoms with Gasteiger partial charge in [0.2, 0.25) is 0 Å². The molecule has 0 N–H and O–H groups in total. The largest absolute Gasteiger partial charge is 0.248 e. The quantitative estimate of drug-likeness (QED) is 0.826. The van der Waals surface area contributed by atoms with Crippen LogP contribution in [0, 0.1) is 5.82 Å². The van der Waals surface area contributed by atoms with Crippen molar-refractivity contribution in [1.82, 2.24) is 9.97 Å². The second-order valence-electron chi connectivity index (χ2n) is 2.86. The fraction of sp³-hybridized carbons (Fsp3) is 0. The smallest absolute Gasteiger partial charge is 0.157 e. The topological polar surface area (TPSA) is 25.8 Å². The van der Waals surface area contributed by atoms with Gasteiger partial charge in [-0.3, -0.25) is 0 Å². The maximum atomic E-state index is 13.4. The SMILES string of the molecule is Fc1cc(Cl)cnc1Sc1ccc(Cl)cn1. The second-order valence-corrected chi connectivity index (χ2v) is 4.74. The van der Waals surface area contributed by atoms with E-state index >= 15 is 0 Å². The van der Waals surface area contributed by atoms with Gasteiger partial charge in [0.25, 0.3) is 0 Å². The fourth-order valence-corrected chi connectivity index (χ4v) is 1.96. The van der Waals surface area contributed by atoms with Gasteiger partial charge in [0.15, 0.2) is 5.82 Å². The minimum Gasteiger partial charge on any atom is -0.248 e. The molecule has 0 bridgehead atoms. The first-order valence-corrected chi connectivity index (χ1v) is 5.83. The van der Waals surface area contributed by atoms with Crippen LogP contribution in [0.3, 0.4) is 0 Å². The lowest BCUT2D eigenvalue weighted by molar-refractivity contribution is 0.588. The van der Waals surface area contributed by atoms with E-state index in [1.165, 1.54) is 18.5 Å². The molecule has 2 aromatic heterocycles. The van der Waals surface area contributed by atoms with Crippen molar-refractivity contribution in [3.05, 3.63) is 46.5 Å². The van der Waals surface area contributed by atoms with Gasteiger partial charge in [-0.25, -0.2) is 14.4 Å². The van der Waals surface area contributed by atoms with E-state index in [9.17, 15) is 4.39 Å². The standard InChI is InChI=1S/C10H5Cl2FN2S/c11-6-1-2-9(14-4-6)16-10-8(13)3-7(12)5-15-10/h1-5H. The minimum absolute atomic E-state index is 0.235. The number of aromatic nitrogens is 2. The molecule has 0 saturated carbocycles. The maximum Gasteiger partial charge on any atom is 0.157 e. The fourth-order valence-electron chi connectivity index (χ4n) is 0.999. The predicted octanol–water partition coefficient (Wildman–Crippen LogP) is 4.07. The van der Waals surface area contributed by atoms with Crippen LogP contribution < -0.4 is 0 Å². The zero-order valence-corrected chi connectivity index (χ0v) is 10.2. The molecule has 0 aliphatic rings. The lowest BCUT2D eigenvalue weighted by Gasteiger charge is -2.01. The minimum atomic E-state index is -0.464. The Kier molecular flexibility index (Phi) is 3.63. The number of nitrogens with zero attached hydrogens (tertiary/aromatic N) is 2. The zero-order chi connectivity index (χ0) is 11.5. The molecule has 0 saturated heterocycles. The summed E-state index contributed by atoms with van der Waals surface area (Å²) >= 11 is 12.4. The molecule has 0 spiro atoms. The molecule has 2 rings (SSSR count). The average molecular weight is 275 g/mol. The lowest BCUT2D eigenvalue weighted by Crippen LogP contribution is -1.87. The highest BCUT2D eigenvalue weighted by Gasteiger charge is 2.07. The van der Waals surface area contributed by atoms with Gasteiger partial charge in [0, 0.05) is 12.4 Å². The third-order valence-electron chi connectivity index (χ3n) is 1.68. The molecule has 0 fully saturated rings. The van der Waals surface area contributed by atoms with E-state index in [0.29, 0.717) is 10.0 Å². The highest BCUT2D eigenvalue weighted by Crippen LogP contribution is 2.28. The van der Waals surface area contributed by atoms with Crippen LogP contribution in [0.1, 0.15) is 0 Å². The average Bonchev–Trinajstić information content (AvgIpc) is 2.25. The molecule has 0 atom stereocenters. The monoisotopic (exact) mass is 274 g/mol. The molecule has 2 heterocycles. The summed E-state index contributed by atoms with van der Waals surface area (Å²) in [5.74, 6) is -0.464. The maximum absolute atomic E-state index is 13.4. The number of rotatable bonds is 2. The summed E-state index contributed by atoms with van der Waals surface area (Å²) < 4.78 is 13.4. The summed E-state index contributed by atoms with van der Waals surface area (Å²) in [6.45, 7) is 0. The Morgan fingerprint density at radius 3 is 2.44 bits per heavy atom. The highest BCUT2D eigenvalue weighted by atomic mass is 35.5. The molecule has 0 unspecified atom stereocenters. The molecule has 82 valence electrons. The van der Waals surface area contributed by atoms with Crippen LogP contribution in [-0.4, -0.2) is 9.97 Å². The van der Waals surface area contributed by atoms with Crippen LogP contribution in [-0.2, 0) is 0 Å². The molecule has 2 aromatic rings. The molecule has 0 amide bonds. The Morgan fingerprint density at radius 1 is 1.06 bits per heavy atom. The van der Waals surface area contributed by atoms with E-state index in [2.05, 4.69) is 9.97 Å². The van der Waals surface area contributed by atoms with Crippen molar-refractivity contribution in [3.63, 3.8) is 0 Å². The Hall–Kier alpha value is -0.840. The highest BCUT2D eigenvalue weighted by molar-refractivity contribution is 7.99. The van der Waals surface area contributed by atoms with Gasteiger partial charge in [0.1, 0.15) is 10.1 Å². The van der Waals surface area contributed by atoms with Crippen LogP contribution >= 0.6 is 35.0 Å². The van der Waals surface area contributed by atoms with Crippen molar-refractivity contribution < 1.29 is 4.39 Å². The molecule has 2 nitrogen and oxygen atoms in total. The van der Waals surface area contributed by atoms with E-state index in [4.69, 9.17) is 23.2 Å². The van der Waals surface area contributed by atoms with E-state index in [1.807, 2.05) is 0 Å². The van der Waals surface area contributed by atoms with Gasteiger partial charge in [-0.05, 0) is 30.0 Å². The molecule has 0 radical (unpaired) electrons. The first kappa shape index (κ1) is 11.6. The van der Waals surface area contributed by atoms with E-state index in [0.717, 1.165) is 11.8 Å². The zero-order valence-electron chi connectivity index (χ0n) is 7.82. The molecular formula is C10H5Cl2FN2S. The van der Waals surface area contributed by atoms with E-state index < -0.39 is 5.82 Å². The molecular weight excluding hydrogens is 270 g/mol. The summed E-state index contributed by atoms with van der Waals surface area (Å²) in [4.78, 5) is 7.91. The van der Waals surface area contributed by atoms with Gasteiger partial charge in [-0.1, -0.05) is 23.2 Å². The van der Waals surface area contributed by atoms with Crippen molar-refractivity contribution in [2.45, 2.75) is 10.1 Å². The third-order valence-corrected chi connectivity index (χ3v) is 3.05. The molecule has 6 heteroatoms. The molecule has 0 aromatic carbocycles. The van der Waals surface area contributed by atoms with Gasteiger partial charge < -0.3 is 0 Å². The van der Waals surface area contributed by atoms with Gasteiger partial charge in [0.05, 0.1) is 10.0 Å². The number of hydrogen-bond donors (Lipinski definition) is 0. The normalized spacial score (nSPS) is 10.4. The van der Waals surface area contributed by atoms with Crippen molar-refractivity contribution in [2.75, 3.05) is 0 Å². The van der Waals surface area contributed by atoms with Crippen molar-refractivity contribution in [2.24, 2.45) is 0 Å². The van der Waals surface area contributed by atoms with Gasteiger partial charge in [-0.15, -0.1) is 0 Å². The predicted molar refractivity (Wildman–Crippen MR) is 62.6 cm³/mol. The second kappa shape index (κ2) is 4.99. The van der Waals surface area contributed by atoms with Gasteiger partial charge in [-0.2, -0.15) is 0 Å². The van der Waals surface area contributed by atoms with Crippen molar-refractivity contribution in [3.8, 4) is 0 Å². The van der Waals surface area contributed by atoms with Crippen molar-refractivity contribution >= 4 is 35.0 Å². The Bertz CT molecular complexity index is 505. The summed E-state index contributed by atoms with van der Waals surface area (Å²) in [5, 5.41) is 1.66. The van der Waals surface area contributed by atoms with Crippen molar-refractivity contribution in [1.29, 1.82) is 0 Å². The van der Waals surface area contributed by atoms with Crippen LogP contribution in [0.4, 0.5) is 4.39 Å². The Balaban J connectivity index is 2.23. The first-order chi connectivity index (χ1) is 7.65. The first-order valence-electron chi connectivity index (χ1n) is 4.25. The molecule has 0 aliphatic heterocycles.